The Balaban J connectivity index is 1.13. The summed E-state index contributed by atoms with van der Waals surface area (Å²) in [6, 6.07) is 91.2. The van der Waals surface area contributed by atoms with E-state index >= 15 is 0 Å². The van der Waals surface area contributed by atoms with Gasteiger partial charge in [0.15, 0.2) is 5.82 Å². The Bertz CT molecular complexity index is 3640. The van der Waals surface area contributed by atoms with Gasteiger partial charge in [0.05, 0.1) is 0 Å². The van der Waals surface area contributed by atoms with Crippen LogP contribution in [0.15, 0.2) is 261 Å². The normalized spacial score (nSPS) is 12.4. The number of fused-ring (bicyclic) bond motifs is 6. The highest BCUT2D eigenvalue weighted by Gasteiger charge is 2.44. The molecule has 0 spiro atoms. The van der Waals surface area contributed by atoms with Gasteiger partial charge in [-0.3, -0.25) is 0 Å². The predicted molar refractivity (Wildman–Crippen MR) is 298 cm³/mol. The molecular formula is C66H43BN4. The summed E-state index contributed by atoms with van der Waals surface area (Å²) in [7, 11) is 0. The van der Waals surface area contributed by atoms with Crippen LogP contribution in [0.5, 0.6) is 0 Å². The van der Waals surface area contributed by atoms with Crippen LogP contribution in [0.3, 0.4) is 0 Å². The zero-order valence-electron chi connectivity index (χ0n) is 38.7. The molecule has 0 N–H and O–H groups in total. The third-order valence-electron chi connectivity index (χ3n) is 14.4. The lowest BCUT2D eigenvalue weighted by atomic mass is 9.33. The number of anilines is 6. The summed E-state index contributed by atoms with van der Waals surface area (Å²) >= 11 is 0. The molecule has 2 aliphatic rings. The van der Waals surface area contributed by atoms with Crippen molar-refractivity contribution >= 4 is 78.8 Å². The minimum absolute atomic E-state index is 0.116. The van der Waals surface area contributed by atoms with E-state index in [2.05, 4.69) is 252 Å². The summed E-state index contributed by atoms with van der Waals surface area (Å²) in [5.74, 6) is 0.669. The summed E-state index contributed by atoms with van der Waals surface area (Å²) in [6.07, 6.45) is 3.69. The van der Waals surface area contributed by atoms with Gasteiger partial charge in [0.1, 0.15) is 0 Å². The maximum absolute atomic E-state index is 4.94. The average molecular weight is 903 g/mol. The summed E-state index contributed by atoms with van der Waals surface area (Å²) in [4.78, 5) is 14.9. The van der Waals surface area contributed by atoms with Crippen molar-refractivity contribution in [1.29, 1.82) is 0 Å². The fourth-order valence-electron chi connectivity index (χ4n) is 11.2. The van der Waals surface area contributed by atoms with Crippen molar-refractivity contribution in [3.63, 3.8) is 0 Å². The summed E-state index contributed by atoms with van der Waals surface area (Å²) in [6.45, 7) is -0.116. The summed E-state index contributed by atoms with van der Waals surface area (Å²) < 4.78 is 0. The van der Waals surface area contributed by atoms with Crippen LogP contribution in [0.2, 0.25) is 0 Å². The summed E-state index contributed by atoms with van der Waals surface area (Å²) in [5, 5.41) is 4.79. The molecule has 0 radical (unpaired) electrons. The molecule has 11 aromatic carbocycles. The molecular weight excluding hydrogens is 860 g/mol. The first-order valence-corrected chi connectivity index (χ1v) is 24.3. The molecule has 0 fully saturated rings. The van der Waals surface area contributed by atoms with E-state index in [9.17, 15) is 0 Å². The number of hydrogen-bond acceptors (Lipinski definition) is 4. The number of hydrogen-bond donors (Lipinski definition) is 0. The van der Waals surface area contributed by atoms with Gasteiger partial charge in [0.25, 0.3) is 6.71 Å². The van der Waals surface area contributed by atoms with Crippen molar-refractivity contribution in [3.05, 3.63) is 261 Å². The van der Waals surface area contributed by atoms with E-state index in [1.54, 1.807) is 0 Å². The van der Waals surface area contributed by atoms with Gasteiger partial charge in [-0.1, -0.05) is 182 Å². The molecule has 3 heterocycles. The number of nitrogens with zero attached hydrogens (tertiary/aromatic N) is 4. The predicted octanol–water partition coefficient (Wildman–Crippen LogP) is 15.2. The minimum atomic E-state index is -0.116. The molecule has 0 atom stereocenters. The maximum Gasteiger partial charge on any atom is 0.252 e. The van der Waals surface area contributed by atoms with Crippen LogP contribution in [-0.4, -0.2) is 16.7 Å². The minimum Gasteiger partial charge on any atom is -0.311 e. The largest absolute Gasteiger partial charge is 0.311 e. The van der Waals surface area contributed by atoms with Crippen LogP contribution in [0.25, 0.3) is 77.4 Å². The van der Waals surface area contributed by atoms with Gasteiger partial charge in [-0.05, 0) is 149 Å². The lowest BCUT2D eigenvalue weighted by molar-refractivity contribution is 1.17. The zero-order valence-corrected chi connectivity index (χ0v) is 38.7. The fourth-order valence-corrected chi connectivity index (χ4v) is 11.2. The topological polar surface area (TPSA) is 32.3 Å². The van der Waals surface area contributed by atoms with Gasteiger partial charge >= 0.3 is 0 Å². The van der Waals surface area contributed by atoms with Crippen molar-refractivity contribution < 1.29 is 0 Å². The number of aromatic nitrogens is 2. The Morgan fingerprint density at radius 1 is 0.268 bits per heavy atom. The molecule has 5 heteroatoms. The van der Waals surface area contributed by atoms with Crippen LogP contribution in [0.4, 0.5) is 34.1 Å². The van der Waals surface area contributed by atoms with Gasteiger partial charge in [-0.15, -0.1) is 0 Å². The third-order valence-corrected chi connectivity index (χ3v) is 14.4. The monoisotopic (exact) mass is 902 g/mol. The van der Waals surface area contributed by atoms with Crippen LogP contribution in [0, 0.1) is 0 Å². The van der Waals surface area contributed by atoms with Gasteiger partial charge in [-0.25, -0.2) is 9.97 Å². The molecule has 330 valence electrons. The van der Waals surface area contributed by atoms with E-state index in [1.807, 2.05) is 18.5 Å². The SMILES string of the molecule is c1ccc(-c2cc(-c3ccccc3)cc(N3c4cc5ccccc5cc4B4c5cc6ccccc6cc5N(c5cc(-c6ccccc6)cc(-c6ccccc6)c5)c5cc(-c6ncccn6)cc3c54)c2)cc1. The van der Waals surface area contributed by atoms with Crippen LogP contribution in [-0.2, 0) is 0 Å². The maximum atomic E-state index is 4.94. The molecule has 0 unspecified atom stereocenters. The first kappa shape index (κ1) is 40.7. The van der Waals surface area contributed by atoms with E-state index in [1.165, 1.54) is 37.9 Å². The van der Waals surface area contributed by atoms with Gasteiger partial charge < -0.3 is 9.80 Å². The Morgan fingerprint density at radius 2 is 0.606 bits per heavy atom. The molecule has 0 amide bonds. The van der Waals surface area contributed by atoms with Crippen LogP contribution < -0.4 is 26.2 Å². The zero-order chi connectivity index (χ0) is 46.8. The molecule has 12 aromatic rings. The number of benzene rings is 11. The Labute approximate surface area is 413 Å². The highest BCUT2D eigenvalue weighted by Crippen LogP contribution is 2.49. The molecule has 2 aliphatic heterocycles. The summed E-state index contributed by atoms with van der Waals surface area (Å²) in [5.41, 5.74) is 20.5. The number of rotatable bonds is 7. The standard InChI is InChI=1S/C66H43BN4/c1-5-18-44(19-6-1)52-32-53(45-20-7-2-8-21-45)35-57(34-52)70-61-40-50-28-15-13-26-48(50)38-59(61)67-60-39-49-27-14-16-29-51(49)41-62(60)71(64-43-56(42-63(70)65(64)67)66-68-30-17-31-69-66)58-36-54(46-22-9-3-10-23-46)33-55(37-58)47-24-11-4-12-25-47/h1-43H. The second-order valence-electron chi connectivity index (χ2n) is 18.6. The molecule has 1 aromatic heterocycles. The van der Waals surface area contributed by atoms with E-state index in [0.717, 1.165) is 84.2 Å². The molecule has 0 aliphatic carbocycles. The quantitative estimate of drug-likeness (QED) is 0.149. The smallest absolute Gasteiger partial charge is 0.252 e. The van der Waals surface area contributed by atoms with Crippen molar-refractivity contribution in [2.75, 3.05) is 9.80 Å². The molecule has 0 bridgehead atoms. The first-order chi connectivity index (χ1) is 35.2. The van der Waals surface area contributed by atoms with Gasteiger partial charge in [0.2, 0.25) is 0 Å². The van der Waals surface area contributed by atoms with Gasteiger partial charge in [-0.2, -0.15) is 0 Å². The highest BCUT2D eigenvalue weighted by molar-refractivity contribution is 7.00. The Kier molecular flexibility index (Phi) is 9.59. The highest BCUT2D eigenvalue weighted by atomic mass is 15.2. The molecule has 0 saturated heterocycles. The lowest BCUT2D eigenvalue weighted by Crippen LogP contribution is -2.61. The molecule has 4 nitrogen and oxygen atoms in total. The van der Waals surface area contributed by atoms with Crippen LogP contribution in [0.1, 0.15) is 0 Å². The average Bonchev–Trinajstić information content (AvgIpc) is 3.45. The van der Waals surface area contributed by atoms with Crippen molar-refractivity contribution in [2.45, 2.75) is 0 Å². The van der Waals surface area contributed by atoms with Crippen LogP contribution >= 0.6 is 0 Å². The fraction of sp³-hybridized carbons (Fsp3) is 0. The van der Waals surface area contributed by atoms with Crippen molar-refractivity contribution in [2.24, 2.45) is 0 Å². The van der Waals surface area contributed by atoms with Crippen molar-refractivity contribution in [1.82, 2.24) is 9.97 Å². The Morgan fingerprint density at radius 3 is 0.972 bits per heavy atom. The molecule has 71 heavy (non-hydrogen) atoms. The Hall–Kier alpha value is -9.32. The van der Waals surface area contributed by atoms with Crippen molar-refractivity contribution in [3.8, 4) is 55.9 Å². The van der Waals surface area contributed by atoms with E-state index in [-0.39, 0.29) is 6.71 Å². The third kappa shape index (κ3) is 7.01. The van der Waals surface area contributed by atoms with E-state index < -0.39 is 0 Å². The van der Waals surface area contributed by atoms with Gasteiger partial charge in [0, 0.05) is 52.1 Å². The second-order valence-corrected chi connectivity index (χ2v) is 18.6. The molecule has 14 rings (SSSR count). The second kappa shape index (κ2) is 16.7. The molecule has 0 saturated carbocycles. The lowest BCUT2D eigenvalue weighted by Gasteiger charge is -2.45. The van der Waals surface area contributed by atoms with E-state index in [0.29, 0.717) is 5.82 Å². The van der Waals surface area contributed by atoms with E-state index in [4.69, 9.17) is 9.97 Å². The first-order valence-electron chi connectivity index (χ1n) is 24.3.